The summed E-state index contributed by atoms with van der Waals surface area (Å²) in [6.07, 6.45) is 3.23. The van der Waals surface area contributed by atoms with E-state index in [-0.39, 0.29) is 29.9 Å². The molecule has 0 spiro atoms. The lowest BCUT2D eigenvalue weighted by molar-refractivity contribution is -0.119. The molecule has 0 N–H and O–H groups in total. The van der Waals surface area contributed by atoms with Crippen LogP contribution in [0.2, 0.25) is 0 Å². The van der Waals surface area contributed by atoms with Crippen molar-refractivity contribution in [3.63, 3.8) is 0 Å². The van der Waals surface area contributed by atoms with E-state index in [4.69, 9.17) is 9.72 Å². The van der Waals surface area contributed by atoms with Crippen LogP contribution < -0.4 is 4.90 Å². The van der Waals surface area contributed by atoms with Crippen molar-refractivity contribution < 1.29 is 17.9 Å². The van der Waals surface area contributed by atoms with Crippen molar-refractivity contribution in [3.05, 3.63) is 59.7 Å². The summed E-state index contributed by atoms with van der Waals surface area (Å²) in [4.78, 5) is 19.8. The number of aryl methyl sites for hydroxylation is 1. The fraction of sp³-hybridized carbons (Fsp3) is 0.440. The minimum absolute atomic E-state index is 0.000672. The second kappa shape index (κ2) is 10.8. The van der Waals surface area contributed by atoms with E-state index in [0.717, 1.165) is 40.6 Å². The van der Waals surface area contributed by atoms with Gasteiger partial charge in [-0.2, -0.15) is 0 Å². The number of thiazole rings is 1. The lowest BCUT2D eigenvalue weighted by Gasteiger charge is -2.23. The molecule has 4 rings (SSSR count). The van der Waals surface area contributed by atoms with E-state index >= 15 is 0 Å². The van der Waals surface area contributed by atoms with Crippen molar-refractivity contribution in [2.45, 2.75) is 50.9 Å². The minimum atomic E-state index is -3.28. The number of fused-ring (bicyclic) bond motifs is 1. The average molecular weight is 487 g/mol. The van der Waals surface area contributed by atoms with Gasteiger partial charge in [0.15, 0.2) is 15.0 Å². The predicted octanol–water partition coefficient (Wildman–Crippen LogP) is 4.77. The molecule has 1 aliphatic rings. The number of benzene rings is 2. The number of para-hydroxylation sites is 1. The monoisotopic (exact) mass is 486 g/mol. The maximum absolute atomic E-state index is 13.2. The molecule has 1 saturated heterocycles. The molecule has 0 bridgehead atoms. The zero-order valence-corrected chi connectivity index (χ0v) is 20.5. The summed E-state index contributed by atoms with van der Waals surface area (Å²) in [5.41, 5.74) is 2.87. The number of nitrogens with zero attached hydrogens (tertiary/aromatic N) is 2. The highest BCUT2D eigenvalue weighted by molar-refractivity contribution is 7.90. The molecule has 1 fully saturated rings. The zero-order valence-electron chi connectivity index (χ0n) is 18.9. The molecule has 6 nitrogen and oxygen atoms in total. The number of rotatable bonds is 10. The summed E-state index contributed by atoms with van der Waals surface area (Å²) in [5, 5.41) is 0.665. The molecule has 0 radical (unpaired) electrons. The molecule has 2 aromatic carbocycles. The smallest absolute Gasteiger partial charge is 0.228 e. The predicted molar refractivity (Wildman–Crippen MR) is 133 cm³/mol. The maximum Gasteiger partial charge on any atom is 0.228 e. The zero-order chi connectivity index (χ0) is 23.3. The molecule has 1 aromatic heterocycles. The van der Waals surface area contributed by atoms with E-state index < -0.39 is 9.84 Å². The molecular formula is C25H30N2O4S2. The fourth-order valence-electron chi connectivity index (χ4n) is 4.15. The van der Waals surface area contributed by atoms with Gasteiger partial charge in [-0.3, -0.25) is 9.69 Å². The lowest BCUT2D eigenvalue weighted by Crippen LogP contribution is -2.37. The number of carbonyl (C=O) groups excluding carboxylic acids is 1. The maximum atomic E-state index is 13.2. The number of hydrogen-bond donors (Lipinski definition) is 0. The van der Waals surface area contributed by atoms with Gasteiger partial charge in [0.25, 0.3) is 0 Å². The quantitative estimate of drug-likeness (QED) is 0.413. The molecule has 176 valence electrons. The van der Waals surface area contributed by atoms with Gasteiger partial charge >= 0.3 is 0 Å². The molecular weight excluding hydrogens is 456 g/mol. The van der Waals surface area contributed by atoms with Crippen molar-refractivity contribution >= 4 is 42.4 Å². The summed E-state index contributed by atoms with van der Waals surface area (Å²) < 4.78 is 31.9. The second-order valence-corrected chi connectivity index (χ2v) is 11.6. The van der Waals surface area contributed by atoms with Crippen LogP contribution in [0, 0.1) is 0 Å². The number of aromatic nitrogens is 1. The van der Waals surface area contributed by atoms with Crippen LogP contribution in [0.15, 0.2) is 48.5 Å². The largest absolute Gasteiger partial charge is 0.376 e. The molecule has 33 heavy (non-hydrogen) atoms. The Balaban J connectivity index is 1.46. The van der Waals surface area contributed by atoms with Crippen molar-refractivity contribution in [2.24, 2.45) is 0 Å². The van der Waals surface area contributed by atoms with Gasteiger partial charge in [-0.1, -0.05) is 60.7 Å². The molecule has 1 unspecified atom stereocenters. The number of ether oxygens (including phenoxy) is 1. The van der Waals surface area contributed by atoms with Crippen LogP contribution in [0.1, 0.15) is 43.7 Å². The molecule has 8 heteroatoms. The van der Waals surface area contributed by atoms with Gasteiger partial charge in [0, 0.05) is 13.0 Å². The molecule has 0 aliphatic carbocycles. The summed E-state index contributed by atoms with van der Waals surface area (Å²) in [7, 11) is -3.28. The van der Waals surface area contributed by atoms with Crippen molar-refractivity contribution in [1.29, 1.82) is 0 Å². The number of hydrogen-bond acceptors (Lipinski definition) is 6. The van der Waals surface area contributed by atoms with Crippen molar-refractivity contribution in [1.82, 2.24) is 4.98 Å². The first kappa shape index (κ1) is 23.9. The third-order valence-electron chi connectivity index (χ3n) is 5.89. The van der Waals surface area contributed by atoms with Crippen LogP contribution in [0.3, 0.4) is 0 Å². The van der Waals surface area contributed by atoms with E-state index in [2.05, 4.69) is 13.0 Å². The van der Waals surface area contributed by atoms with E-state index in [1.165, 1.54) is 11.3 Å². The average Bonchev–Trinajstić information content (AvgIpc) is 3.47. The van der Waals surface area contributed by atoms with Gasteiger partial charge in [0.2, 0.25) is 5.91 Å². The first-order valence-electron chi connectivity index (χ1n) is 11.5. The van der Waals surface area contributed by atoms with Crippen LogP contribution in [-0.2, 0) is 31.5 Å². The van der Waals surface area contributed by atoms with Gasteiger partial charge in [-0.25, -0.2) is 13.4 Å². The van der Waals surface area contributed by atoms with Crippen LogP contribution in [-0.4, -0.2) is 44.3 Å². The summed E-state index contributed by atoms with van der Waals surface area (Å²) in [6, 6.07) is 15.3. The Bertz CT molecular complexity index is 1190. The minimum Gasteiger partial charge on any atom is -0.376 e. The van der Waals surface area contributed by atoms with E-state index in [0.29, 0.717) is 24.7 Å². The molecule has 1 amide bonds. The number of amides is 1. The van der Waals surface area contributed by atoms with Crippen LogP contribution in [0.25, 0.3) is 10.2 Å². The van der Waals surface area contributed by atoms with Gasteiger partial charge in [-0.15, -0.1) is 0 Å². The number of sulfone groups is 1. The topological polar surface area (TPSA) is 76.6 Å². The highest BCUT2D eigenvalue weighted by Gasteiger charge is 2.26. The lowest BCUT2D eigenvalue weighted by atomic mass is 10.1. The van der Waals surface area contributed by atoms with E-state index in [1.54, 1.807) is 4.90 Å². The van der Waals surface area contributed by atoms with Gasteiger partial charge < -0.3 is 4.74 Å². The van der Waals surface area contributed by atoms with Crippen LogP contribution in [0.5, 0.6) is 0 Å². The van der Waals surface area contributed by atoms with Gasteiger partial charge in [0.1, 0.15) is 0 Å². The third-order valence-corrected chi connectivity index (χ3v) is 8.62. The molecule has 1 aliphatic heterocycles. The first-order chi connectivity index (χ1) is 15.9. The summed E-state index contributed by atoms with van der Waals surface area (Å²) in [5.74, 6) is -0.113. The standard InChI is InChI=1S/C25H30N2O4S2/c1-2-20-11-6-13-22-24(20)26-25(32-22)27(17-21-12-7-15-31-21)23(28)14-8-16-33(29,30)18-19-9-4-3-5-10-19/h3-6,9-11,13,21H,2,7-8,12,14-18H2,1H3. The highest BCUT2D eigenvalue weighted by atomic mass is 32.2. The normalized spacial score (nSPS) is 16.3. The Labute approximate surface area is 199 Å². The SMILES string of the molecule is CCc1cccc2sc(N(CC3CCCO3)C(=O)CCCS(=O)(=O)Cc3ccccc3)nc12. The van der Waals surface area contributed by atoms with E-state index in [1.807, 2.05) is 42.5 Å². The molecule has 3 aromatic rings. The third kappa shape index (κ3) is 6.19. The Morgan fingerprint density at radius 1 is 1.18 bits per heavy atom. The Kier molecular flexibility index (Phi) is 7.78. The molecule has 0 saturated carbocycles. The summed E-state index contributed by atoms with van der Waals surface area (Å²) in [6.45, 7) is 3.26. The Hall–Kier alpha value is -2.29. The van der Waals surface area contributed by atoms with Crippen LogP contribution >= 0.6 is 11.3 Å². The Morgan fingerprint density at radius 2 is 2.00 bits per heavy atom. The number of carbonyl (C=O) groups is 1. The number of anilines is 1. The van der Waals surface area contributed by atoms with Gasteiger partial charge in [0.05, 0.1) is 34.4 Å². The van der Waals surface area contributed by atoms with Crippen molar-refractivity contribution in [3.8, 4) is 0 Å². The fourth-order valence-corrected chi connectivity index (χ4v) is 6.62. The Morgan fingerprint density at radius 3 is 2.73 bits per heavy atom. The van der Waals surface area contributed by atoms with Crippen LogP contribution in [0.4, 0.5) is 5.13 Å². The van der Waals surface area contributed by atoms with E-state index in [9.17, 15) is 13.2 Å². The first-order valence-corrected chi connectivity index (χ1v) is 14.1. The molecule has 2 heterocycles. The van der Waals surface area contributed by atoms with Crippen molar-refractivity contribution in [2.75, 3.05) is 23.8 Å². The molecule has 1 atom stereocenters. The summed E-state index contributed by atoms with van der Waals surface area (Å²) >= 11 is 1.51. The highest BCUT2D eigenvalue weighted by Crippen LogP contribution is 2.32. The van der Waals surface area contributed by atoms with Gasteiger partial charge in [-0.05, 0) is 42.9 Å². The second-order valence-electron chi connectivity index (χ2n) is 8.43.